The maximum Gasteiger partial charge on any atom is 0.0462 e. The van der Waals surface area contributed by atoms with Crippen LogP contribution in [0.4, 0.5) is 0 Å². The van der Waals surface area contributed by atoms with Gasteiger partial charge < -0.3 is 10.1 Å². The quantitative estimate of drug-likeness (QED) is 0.649. The molecular formula is C12H25NOS. The summed E-state index contributed by atoms with van der Waals surface area (Å²) in [6, 6.07) is 0.732. The number of rotatable bonds is 8. The lowest BCUT2D eigenvalue weighted by molar-refractivity contribution is 0.184. The van der Waals surface area contributed by atoms with Crippen LogP contribution in [0.5, 0.6) is 0 Å². The summed E-state index contributed by atoms with van der Waals surface area (Å²) in [6.45, 7) is 4.31. The number of hydrogen-bond acceptors (Lipinski definition) is 3. The maximum absolute atomic E-state index is 5.13. The summed E-state index contributed by atoms with van der Waals surface area (Å²) < 4.78 is 5.13. The van der Waals surface area contributed by atoms with E-state index >= 15 is 0 Å². The first kappa shape index (κ1) is 13.3. The Balaban J connectivity index is 2.23. The van der Waals surface area contributed by atoms with Crippen molar-refractivity contribution in [1.82, 2.24) is 5.32 Å². The molecule has 2 atom stereocenters. The van der Waals surface area contributed by atoms with E-state index in [2.05, 4.69) is 24.0 Å². The zero-order chi connectivity index (χ0) is 10.9. The third-order valence-corrected chi connectivity index (χ3v) is 4.24. The van der Waals surface area contributed by atoms with Gasteiger partial charge in [0.15, 0.2) is 0 Å². The summed E-state index contributed by atoms with van der Waals surface area (Å²) in [6.07, 6.45) is 5.11. The van der Waals surface area contributed by atoms with Crippen LogP contribution in [0.15, 0.2) is 0 Å². The molecule has 0 aromatic rings. The van der Waals surface area contributed by atoms with Crippen LogP contribution in [0.1, 0.15) is 32.6 Å². The Bertz CT molecular complexity index is 149. The van der Waals surface area contributed by atoms with Crippen molar-refractivity contribution in [1.29, 1.82) is 0 Å². The minimum atomic E-state index is 0.732. The van der Waals surface area contributed by atoms with Crippen molar-refractivity contribution in [2.45, 2.75) is 38.6 Å². The summed E-state index contributed by atoms with van der Waals surface area (Å²) >= 11 is 2.11. The van der Waals surface area contributed by atoms with Gasteiger partial charge in [0.2, 0.25) is 0 Å². The molecule has 0 spiro atoms. The zero-order valence-electron chi connectivity index (χ0n) is 10.1. The normalized spacial score (nSPS) is 23.2. The molecule has 3 heteroatoms. The second-order valence-corrected chi connectivity index (χ2v) is 5.47. The van der Waals surface area contributed by atoms with Crippen LogP contribution >= 0.6 is 11.8 Å². The summed E-state index contributed by atoms with van der Waals surface area (Å²) in [5.41, 5.74) is 0. The van der Waals surface area contributed by atoms with Crippen LogP contribution in [0.25, 0.3) is 0 Å². The molecule has 1 heterocycles. The van der Waals surface area contributed by atoms with Crippen LogP contribution in [-0.2, 0) is 4.74 Å². The third-order valence-electron chi connectivity index (χ3n) is 3.05. The Morgan fingerprint density at radius 1 is 1.53 bits per heavy atom. The fourth-order valence-electron chi connectivity index (χ4n) is 2.15. The van der Waals surface area contributed by atoms with Crippen LogP contribution in [0, 0.1) is 5.92 Å². The molecule has 1 N–H and O–H groups in total. The molecule has 0 saturated carbocycles. The Hall–Kier alpha value is 0.270. The van der Waals surface area contributed by atoms with E-state index in [9.17, 15) is 0 Å². The number of hydrogen-bond donors (Lipinski definition) is 1. The highest BCUT2D eigenvalue weighted by atomic mass is 32.2. The van der Waals surface area contributed by atoms with Crippen molar-refractivity contribution in [2.75, 3.05) is 31.8 Å². The largest absolute Gasteiger partial charge is 0.385 e. The second-order valence-electron chi connectivity index (χ2n) is 4.32. The monoisotopic (exact) mass is 231 g/mol. The second kappa shape index (κ2) is 8.43. The highest BCUT2D eigenvalue weighted by Crippen LogP contribution is 2.28. The molecule has 1 aliphatic heterocycles. The van der Waals surface area contributed by atoms with Gasteiger partial charge in [-0.1, -0.05) is 6.92 Å². The topological polar surface area (TPSA) is 21.3 Å². The van der Waals surface area contributed by atoms with Gasteiger partial charge in [-0.05, 0) is 49.7 Å². The molecule has 0 aromatic carbocycles. The average Bonchev–Trinajstić information content (AvgIpc) is 2.76. The van der Waals surface area contributed by atoms with E-state index < -0.39 is 0 Å². The fraction of sp³-hybridized carbons (Fsp3) is 1.00. The predicted octanol–water partition coefficient (Wildman–Crippen LogP) is 2.53. The van der Waals surface area contributed by atoms with Crippen molar-refractivity contribution in [3.8, 4) is 0 Å². The van der Waals surface area contributed by atoms with Gasteiger partial charge in [0.1, 0.15) is 0 Å². The first-order valence-electron chi connectivity index (χ1n) is 6.18. The molecular weight excluding hydrogens is 206 g/mol. The lowest BCUT2D eigenvalue weighted by Crippen LogP contribution is -2.37. The molecule has 0 aliphatic carbocycles. The molecule has 2 unspecified atom stereocenters. The number of ether oxygens (including phenoxy) is 1. The minimum absolute atomic E-state index is 0.732. The first-order chi connectivity index (χ1) is 7.38. The van der Waals surface area contributed by atoms with Gasteiger partial charge in [0.25, 0.3) is 0 Å². The highest BCUT2D eigenvalue weighted by Gasteiger charge is 2.24. The zero-order valence-corrected chi connectivity index (χ0v) is 10.9. The molecule has 15 heavy (non-hydrogen) atoms. The van der Waals surface area contributed by atoms with Crippen molar-refractivity contribution in [3.63, 3.8) is 0 Å². The standard InChI is InChI=1S/C12H25NOS/c1-3-7-13-12(5-4-8-14-2)11-6-9-15-10-11/h11-13H,3-10H2,1-2H3. The molecule has 0 aromatic heterocycles. The van der Waals surface area contributed by atoms with Gasteiger partial charge in [0.05, 0.1) is 0 Å². The molecule has 2 nitrogen and oxygen atoms in total. The molecule has 1 fully saturated rings. The first-order valence-corrected chi connectivity index (χ1v) is 7.34. The van der Waals surface area contributed by atoms with E-state index in [-0.39, 0.29) is 0 Å². The highest BCUT2D eigenvalue weighted by molar-refractivity contribution is 7.99. The van der Waals surface area contributed by atoms with Gasteiger partial charge in [-0.3, -0.25) is 0 Å². The Morgan fingerprint density at radius 3 is 3.00 bits per heavy atom. The van der Waals surface area contributed by atoms with E-state index in [1.165, 1.54) is 43.7 Å². The molecule has 0 radical (unpaired) electrons. The molecule has 1 aliphatic rings. The van der Waals surface area contributed by atoms with E-state index in [0.29, 0.717) is 0 Å². The van der Waals surface area contributed by atoms with Gasteiger partial charge in [-0.25, -0.2) is 0 Å². The summed E-state index contributed by atoms with van der Waals surface area (Å²) in [7, 11) is 1.79. The van der Waals surface area contributed by atoms with Crippen molar-refractivity contribution >= 4 is 11.8 Å². The summed E-state index contributed by atoms with van der Waals surface area (Å²) in [4.78, 5) is 0. The van der Waals surface area contributed by atoms with Gasteiger partial charge in [-0.2, -0.15) is 11.8 Å². The summed E-state index contributed by atoms with van der Waals surface area (Å²) in [5, 5.41) is 3.70. The SMILES string of the molecule is CCCNC(CCCOC)C1CCSC1. The smallest absolute Gasteiger partial charge is 0.0462 e. The molecule has 0 bridgehead atoms. The minimum Gasteiger partial charge on any atom is -0.385 e. The van der Waals surface area contributed by atoms with Crippen molar-refractivity contribution < 1.29 is 4.74 Å². The van der Waals surface area contributed by atoms with Crippen molar-refractivity contribution in [2.24, 2.45) is 5.92 Å². The number of thioether (sulfide) groups is 1. The lowest BCUT2D eigenvalue weighted by Gasteiger charge is -2.24. The Morgan fingerprint density at radius 2 is 2.40 bits per heavy atom. The summed E-state index contributed by atoms with van der Waals surface area (Å²) in [5.74, 6) is 3.62. The van der Waals surface area contributed by atoms with E-state index in [4.69, 9.17) is 4.74 Å². The Labute approximate surface area is 98.5 Å². The third kappa shape index (κ3) is 5.23. The van der Waals surface area contributed by atoms with Gasteiger partial charge in [-0.15, -0.1) is 0 Å². The van der Waals surface area contributed by atoms with E-state index in [0.717, 1.165) is 18.6 Å². The van der Waals surface area contributed by atoms with Crippen LogP contribution < -0.4 is 5.32 Å². The molecule has 1 rings (SSSR count). The molecule has 0 amide bonds. The maximum atomic E-state index is 5.13. The van der Waals surface area contributed by atoms with E-state index in [1.54, 1.807) is 7.11 Å². The number of methoxy groups -OCH3 is 1. The Kier molecular flexibility index (Phi) is 7.49. The lowest BCUT2D eigenvalue weighted by atomic mass is 9.95. The van der Waals surface area contributed by atoms with Crippen LogP contribution in [0.3, 0.4) is 0 Å². The number of nitrogens with one attached hydrogen (secondary N) is 1. The van der Waals surface area contributed by atoms with Gasteiger partial charge >= 0.3 is 0 Å². The molecule has 1 saturated heterocycles. The van der Waals surface area contributed by atoms with Crippen molar-refractivity contribution in [3.05, 3.63) is 0 Å². The fourth-order valence-corrected chi connectivity index (χ4v) is 3.49. The predicted molar refractivity (Wildman–Crippen MR) is 68.6 cm³/mol. The van der Waals surface area contributed by atoms with Gasteiger partial charge in [0, 0.05) is 19.8 Å². The molecule has 90 valence electrons. The van der Waals surface area contributed by atoms with Crippen LogP contribution in [0.2, 0.25) is 0 Å². The van der Waals surface area contributed by atoms with Crippen LogP contribution in [-0.4, -0.2) is 37.8 Å². The van der Waals surface area contributed by atoms with E-state index in [1.807, 2.05) is 0 Å². The average molecular weight is 231 g/mol.